The van der Waals surface area contributed by atoms with Crippen molar-refractivity contribution in [3.8, 4) is 11.5 Å². The van der Waals surface area contributed by atoms with Gasteiger partial charge in [0.05, 0.1) is 14.2 Å². The maximum absolute atomic E-state index is 11.7. The third-order valence-electron chi connectivity index (χ3n) is 3.08. The maximum atomic E-state index is 11.7. The average Bonchev–Trinajstić information content (AvgIpc) is 2.49. The third-order valence-corrected chi connectivity index (χ3v) is 3.08. The van der Waals surface area contributed by atoms with E-state index < -0.39 is 0 Å². The highest BCUT2D eigenvalue weighted by atomic mass is 16.5. The zero-order chi connectivity index (χ0) is 14.8. The fraction of sp³-hybridized carbons (Fsp3) is 0.533. The molecule has 20 heavy (non-hydrogen) atoms. The number of carbonyl (C=O) groups excluding carboxylic acids is 1. The van der Waals surface area contributed by atoms with Crippen LogP contribution in [0.4, 0.5) is 0 Å². The van der Waals surface area contributed by atoms with E-state index in [2.05, 4.69) is 5.32 Å². The monoisotopic (exact) mass is 280 g/mol. The maximum Gasteiger partial charge on any atom is 0.220 e. The van der Waals surface area contributed by atoms with Gasteiger partial charge < -0.3 is 20.5 Å². The number of hydrogen-bond acceptors (Lipinski definition) is 4. The number of nitrogens with one attached hydrogen (secondary N) is 1. The van der Waals surface area contributed by atoms with Gasteiger partial charge in [0.25, 0.3) is 0 Å². The number of methoxy groups -OCH3 is 2. The van der Waals surface area contributed by atoms with Crippen LogP contribution in [0.3, 0.4) is 0 Å². The zero-order valence-corrected chi connectivity index (χ0v) is 12.3. The molecule has 5 heteroatoms. The fourth-order valence-corrected chi connectivity index (χ4v) is 1.89. The SMILES string of the molecule is COc1ccc(CNC(=O)CCCCCN)c(OC)c1. The second kappa shape index (κ2) is 9.20. The first-order valence-corrected chi connectivity index (χ1v) is 6.89. The van der Waals surface area contributed by atoms with Crippen LogP contribution in [0.1, 0.15) is 31.2 Å². The minimum absolute atomic E-state index is 0.0555. The number of unbranched alkanes of at least 4 members (excludes halogenated alkanes) is 2. The first-order chi connectivity index (χ1) is 9.71. The van der Waals surface area contributed by atoms with E-state index in [0.717, 1.165) is 30.6 Å². The van der Waals surface area contributed by atoms with Gasteiger partial charge in [0, 0.05) is 24.6 Å². The molecule has 1 aromatic rings. The molecule has 3 N–H and O–H groups in total. The molecule has 1 aromatic carbocycles. The molecule has 5 nitrogen and oxygen atoms in total. The van der Waals surface area contributed by atoms with Crippen LogP contribution in [-0.4, -0.2) is 26.7 Å². The first kappa shape index (κ1) is 16.3. The van der Waals surface area contributed by atoms with Crippen LogP contribution in [0, 0.1) is 0 Å². The Hall–Kier alpha value is -1.75. The van der Waals surface area contributed by atoms with E-state index in [0.29, 0.717) is 25.3 Å². The number of benzene rings is 1. The lowest BCUT2D eigenvalue weighted by molar-refractivity contribution is -0.121. The Kier molecular flexibility index (Phi) is 7.50. The lowest BCUT2D eigenvalue weighted by Crippen LogP contribution is -2.22. The van der Waals surface area contributed by atoms with Gasteiger partial charge in [-0.2, -0.15) is 0 Å². The predicted octanol–water partition coefficient (Wildman–Crippen LogP) is 1.84. The second-order valence-electron chi connectivity index (χ2n) is 4.55. The van der Waals surface area contributed by atoms with Gasteiger partial charge in [-0.15, -0.1) is 0 Å². The molecule has 0 unspecified atom stereocenters. The molecule has 0 spiro atoms. The average molecular weight is 280 g/mol. The van der Waals surface area contributed by atoms with Crippen molar-refractivity contribution < 1.29 is 14.3 Å². The minimum atomic E-state index is 0.0555. The highest BCUT2D eigenvalue weighted by Crippen LogP contribution is 2.24. The summed E-state index contributed by atoms with van der Waals surface area (Å²) < 4.78 is 10.4. The Morgan fingerprint density at radius 3 is 2.65 bits per heavy atom. The molecule has 1 rings (SSSR count). The summed E-state index contributed by atoms with van der Waals surface area (Å²) in [5.74, 6) is 1.51. The van der Waals surface area contributed by atoms with Crippen LogP contribution in [0.15, 0.2) is 18.2 Å². The Bertz CT molecular complexity index is 422. The summed E-state index contributed by atoms with van der Waals surface area (Å²) in [7, 11) is 3.21. The van der Waals surface area contributed by atoms with E-state index in [4.69, 9.17) is 15.2 Å². The van der Waals surface area contributed by atoms with Crippen molar-refractivity contribution in [1.29, 1.82) is 0 Å². The normalized spacial score (nSPS) is 10.2. The van der Waals surface area contributed by atoms with Crippen molar-refractivity contribution in [2.45, 2.75) is 32.2 Å². The van der Waals surface area contributed by atoms with Crippen molar-refractivity contribution in [2.24, 2.45) is 5.73 Å². The van der Waals surface area contributed by atoms with E-state index >= 15 is 0 Å². The highest BCUT2D eigenvalue weighted by molar-refractivity contribution is 5.75. The highest BCUT2D eigenvalue weighted by Gasteiger charge is 2.07. The third kappa shape index (κ3) is 5.48. The van der Waals surface area contributed by atoms with Gasteiger partial charge in [-0.1, -0.05) is 6.42 Å². The summed E-state index contributed by atoms with van der Waals surface area (Å²) in [6.45, 7) is 1.15. The topological polar surface area (TPSA) is 73.6 Å². The molecular weight excluding hydrogens is 256 g/mol. The number of hydrogen-bond donors (Lipinski definition) is 2. The summed E-state index contributed by atoms with van der Waals surface area (Å²) >= 11 is 0. The fourth-order valence-electron chi connectivity index (χ4n) is 1.89. The molecule has 0 heterocycles. The molecule has 0 aliphatic heterocycles. The van der Waals surface area contributed by atoms with Crippen LogP contribution in [0.5, 0.6) is 11.5 Å². The molecule has 0 saturated carbocycles. The Morgan fingerprint density at radius 1 is 1.20 bits per heavy atom. The van der Waals surface area contributed by atoms with Gasteiger partial charge in [0.1, 0.15) is 11.5 Å². The van der Waals surface area contributed by atoms with Gasteiger partial charge in [-0.05, 0) is 31.5 Å². The second-order valence-corrected chi connectivity index (χ2v) is 4.55. The molecule has 0 atom stereocenters. The van der Waals surface area contributed by atoms with E-state index in [1.807, 2.05) is 18.2 Å². The van der Waals surface area contributed by atoms with Crippen LogP contribution in [-0.2, 0) is 11.3 Å². The number of ether oxygens (including phenoxy) is 2. The first-order valence-electron chi connectivity index (χ1n) is 6.89. The molecule has 1 amide bonds. The molecule has 0 radical (unpaired) electrons. The molecular formula is C15H24N2O3. The molecule has 112 valence electrons. The van der Waals surface area contributed by atoms with Crippen LogP contribution < -0.4 is 20.5 Å². The Morgan fingerprint density at radius 2 is 2.00 bits per heavy atom. The lowest BCUT2D eigenvalue weighted by Gasteiger charge is -2.11. The standard InChI is InChI=1S/C15H24N2O3/c1-19-13-8-7-12(14(10-13)20-2)11-17-15(18)6-4-3-5-9-16/h7-8,10H,3-6,9,11,16H2,1-2H3,(H,17,18). The molecule has 0 aliphatic carbocycles. The summed E-state index contributed by atoms with van der Waals surface area (Å²) in [6, 6.07) is 5.56. The summed E-state index contributed by atoms with van der Waals surface area (Å²) in [4.78, 5) is 11.7. The smallest absolute Gasteiger partial charge is 0.220 e. The van der Waals surface area contributed by atoms with Crippen molar-refractivity contribution in [3.05, 3.63) is 23.8 Å². The van der Waals surface area contributed by atoms with Crippen molar-refractivity contribution >= 4 is 5.91 Å². The Labute approximate surface area is 120 Å². The number of carbonyl (C=O) groups is 1. The number of amides is 1. The quantitative estimate of drug-likeness (QED) is 0.677. The minimum Gasteiger partial charge on any atom is -0.497 e. The van der Waals surface area contributed by atoms with Crippen molar-refractivity contribution in [3.63, 3.8) is 0 Å². The zero-order valence-electron chi connectivity index (χ0n) is 12.3. The molecule has 0 bridgehead atoms. The van der Waals surface area contributed by atoms with Gasteiger partial charge in [-0.3, -0.25) is 4.79 Å². The van der Waals surface area contributed by atoms with Crippen LogP contribution >= 0.6 is 0 Å². The summed E-state index contributed by atoms with van der Waals surface area (Å²) in [5.41, 5.74) is 6.34. The predicted molar refractivity (Wildman–Crippen MR) is 78.9 cm³/mol. The number of nitrogens with two attached hydrogens (primary N) is 1. The van der Waals surface area contributed by atoms with Gasteiger partial charge in [0.2, 0.25) is 5.91 Å². The Balaban J connectivity index is 2.42. The van der Waals surface area contributed by atoms with Crippen LogP contribution in [0.2, 0.25) is 0 Å². The van der Waals surface area contributed by atoms with E-state index in [-0.39, 0.29) is 5.91 Å². The van der Waals surface area contributed by atoms with E-state index in [1.54, 1.807) is 14.2 Å². The van der Waals surface area contributed by atoms with Gasteiger partial charge >= 0.3 is 0 Å². The van der Waals surface area contributed by atoms with Gasteiger partial charge in [-0.25, -0.2) is 0 Å². The van der Waals surface area contributed by atoms with Crippen molar-refractivity contribution in [2.75, 3.05) is 20.8 Å². The number of rotatable bonds is 9. The van der Waals surface area contributed by atoms with E-state index in [9.17, 15) is 4.79 Å². The van der Waals surface area contributed by atoms with Crippen LogP contribution in [0.25, 0.3) is 0 Å². The van der Waals surface area contributed by atoms with E-state index in [1.165, 1.54) is 0 Å². The molecule has 0 aromatic heterocycles. The molecule has 0 fully saturated rings. The summed E-state index contributed by atoms with van der Waals surface area (Å²) in [6.07, 6.45) is 3.39. The largest absolute Gasteiger partial charge is 0.497 e. The summed E-state index contributed by atoms with van der Waals surface area (Å²) in [5, 5.41) is 2.90. The molecule has 0 saturated heterocycles. The van der Waals surface area contributed by atoms with Crippen molar-refractivity contribution in [1.82, 2.24) is 5.32 Å². The lowest BCUT2D eigenvalue weighted by atomic mass is 10.1. The van der Waals surface area contributed by atoms with Gasteiger partial charge in [0.15, 0.2) is 0 Å². The molecule has 0 aliphatic rings.